The number of hydrogen-bond acceptors (Lipinski definition) is 6. The Morgan fingerprint density at radius 2 is 1.94 bits per heavy atom. The van der Waals surface area contributed by atoms with Crippen LogP contribution < -0.4 is 5.32 Å². The van der Waals surface area contributed by atoms with Crippen molar-refractivity contribution in [1.29, 1.82) is 0 Å². The number of esters is 1. The van der Waals surface area contributed by atoms with Gasteiger partial charge in [0.1, 0.15) is 15.7 Å². The lowest BCUT2D eigenvalue weighted by Crippen LogP contribution is -2.29. The first-order valence-electron chi connectivity index (χ1n) is 9.95. The molecular weight excluding hydrogens is 443 g/mol. The molecule has 0 atom stereocenters. The Morgan fingerprint density at radius 3 is 2.55 bits per heavy atom. The number of thiophene rings is 1. The molecule has 10 heteroatoms. The van der Waals surface area contributed by atoms with Gasteiger partial charge in [-0.2, -0.15) is 4.31 Å². The predicted molar refractivity (Wildman–Crippen MR) is 117 cm³/mol. The summed E-state index contributed by atoms with van der Waals surface area (Å²) in [5.74, 6) is -1.82. The molecule has 0 aliphatic carbocycles. The zero-order valence-corrected chi connectivity index (χ0v) is 19.2. The Morgan fingerprint density at radius 1 is 1.26 bits per heavy atom. The van der Waals surface area contributed by atoms with Gasteiger partial charge >= 0.3 is 5.97 Å². The molecule has 168 valence electrons. The maximum absolute atomic E-state index is 14.4. The van der Waals surface area contributed by atoms with Crippen LogP contribution in [0, 0.1) is 11.7 Å². The number of carbonyl (C=O) groups is 2. The van der Waals surface area contributed by atoms with Gasteiger partial charge < -0.3 is 10.1 Å². The van der Waals surface area contributed by atoms with Crippen LogP contribution in [-0.4, -0.2) is 44.8 Å². The molecule has 1 saturated heterocycles. The fourth-order valence-corrected chi connectivity index (χ4v) is 6.05. The highest BCUT2D eigenvalue weighted by atomic mass is 32.2. The molecule has 1 fully saturated rings. The Hall–Kier alpha value is -2.30. The number of nitrogens with one attached hydrogen (secondary N) is 1. The van der Waals surface area contributed by atoms with Crippen LogP contribution in [0.1, 0.15) is 53.0 Å². The number of benzene rings is 1. The van der Waals surface area contributed by atoms with E-state index in [1.807, 2.05) is 13.8 Å². The Labute approximate surface area is 185 Å². The zero-order valence-electron chi connectivity index (χ0n) is 17.6. The lowest BCUT2D eigenvalue weighted by molar-refractivity contribution is 0.0601. The monoisotopic (exact) mass is 468 g/mol. The molecule has 2 heterocycles. The smallest absolute Gasteiger partial charge is 0.341 e. The number of amides is 1. The van der Waals surface area contributed by atoms with E-state index in [-0.39, 0.29) is 17.0 Å². The Kier molecular flexibility index (Phi) is 7.13. The summed E-state index contributed by atoms with van der Waals surface area (Å²) in [5.41, 5.74) is 1.02. The van der Waals surface area contributed by atoms with E-state index in [0.29, 0.717) is 37.4 Å². The van der Waals surface area contributed by atoms with Crippen LogP contribution in [0.2, 0.25) is 0 Å². The van der Waals surface area contributed by atoms with E-state index < -0.39 is 32.6 Å². The number of hydrogen-bond donors (Lipinski definition) is 1. The van der Waals surface area contributed by atoms with Crippen molar-refractivity contribution in [2.75, 3.05) is 25.5 Å². The van der Waals surface area contributed by atoms with Crippen molar-refractivity contribution in [1.82, 2.24) is 4.31 Å². The van der Waals surface area contributed by atoms with Crippen molar-refractivity contribution >= 4 is 38.2 Å². The Bertz CT molecular complexity index is 1090. The van der Waals surface area contributed by atoms with E-state index in [9.17, 15) is 22.4 Å². The van der Waals surface area contributed by atoms with Gasteiger partial charge in [-0.1, -0.05) is 13.8 Å². The first-order chi connectivity index (χ1) is 14.6. The van der Waals surface area contributed by atoms with Crippen LogP contribution in [0.15, 0.2) is 28.5 Å². The third-order valence-corrected chi connectivity index (χ3v) is 7.85. The van der Waals surface area contributed by atoms with E-state index in [1.165, 1.54) is 28.8 Å². The fourth-order valence-electron chi connectivity index (χ4n) is 3.49. The first kappa shape index (κ1) is 23.4. The molecule has 1 aromatic carbocycles. The van der Waals surface area contributed by atoms with Gasteiger partial charge in [-0.15, -0.1) is 11.3 Å². The lowest BCUT2D eigenvalue weighted by atomic mass is 10.0. The molecule has 7 nitrogen and oxygen atoms in total. The van der Waals surface area contributed by atoms with Crippen molar-refractivity contribution in [2.45, 2.75) is 38.0 Å². The minimum atomic E-state index is -4.03. The second-order valence-electron chi connectivity index (χ2n) is 7.77. The maximum Gasteiger partial charge on any atom is 0.341 e. The highest BCUT2D eigenvalue weighted by Crippen LogP contribution is 2.31. The molecule has 31 heavy (non-hydrogen) atoms. The summed E-state index contributed by atoms with van der Waals surface area (Å²) in [5, 5.41) is 4.75. The molecule has 0 radical (unpaired) electrons. The largest absolute Gasteiger partial charge is 0.465 e. The summed E-state index contributed by atoms with van der Waals surface area (Å²) in [4.78, 5) is 24.6. The van der Waals surface area contributed by atoms with Crippen molar-refractivity contribution < 1.29 is 27.1 Å². The highest BCUT2D eigenvalue weighted by molar-refractivity contribution is 7.89. The molecule has 0 bridgehead atoms. The third kappa shape index (κ3) is 4.97. The standard InChI is InChI=1S/C21H25FN2O5S2/c1-13(2)10-15-12-30-20(18(15)21(26)29-3)23-19(25)14-6-7-16(22)17(11-14)31(27,28)24-8-4-5-9-24/h6-7,11-13H,4-5,8-10H2,1-3H3,(H,23,25). The van der Waals surface area contributed by atoms with Crippen molar-refractivity contribution in [2.24, 2.45) is 5.92 Å². The van der Waals surface area contributed by atoms with Gasteiger partial charge in [-0.05, 0) is 54.3 Å². The van der Waals surface area contributed by atoms with E-state index in [0.717, 1.165) is 17.7 Å². The minimum Gasteiger partial charge on any atom is -0.465 e. The van der Waals surface area contributed by atoms with Crippen LogP contribution in [-0.2, 0) is 21.2 Å². The molecule has 1 N–H and O–H groups in total. The topological polar surface area (TPSA) is 92.8 Å². The van der Waals surface area contributed by atoms with Crippen LogP contribution in [0.5, 0.6) is 0 Å². The van der Waals surface area contributed by atoms with Gasteiger partial charge in [-0.3, -0.25) is 4.79 Å². The number of halogens is 1. The molecule has 2 aromatic rings. The number of methoxy groups -OCH3 is 1. The SMILES string of the molecule is COC(=O)c1c(CC(C)C)csc1NC(=O)c1ccc(F)c(S(=O)(=O)N2CCCC2)c1. The van der Waals surface area contributed by atoms with Crippen LogP contribution in [0.25, 0.3) is 0 Å². The molecule has 0 spiro atoms. The molecular formula is C21H25FN2O5S2. The van der Waals surface area contributed by atoms with Gasteiger partial charge in [0.15, 0.2) is 0 Å². The summed E-state index contributed by atoms with van der Waals surface area (Å²) in [6.45, 7) is 4.68. The normalized spacial score (nSPS) is 14.7. The van der Waals surface area contributed by atoms with Gasteiger partial charge in [-0.25, -0.2) is 17.6 Å². The molecule has 1 aliphatic heterocycles. The summed E-state index contributed by atoms with van der Waals surface area (Å²) in [6, 6.07) is 3.23. The summed E-state index contributed by atoms with van der Waals surface area (Å²) in [7, 11) is -2.76. The molecule has 1 amide bonds. The van der Waals surface area contributed by atoms with Crippen molar-refractivity contribution in [3.8, 4) is 0 Å². The van der Waals surface area contributed by atoms with Crippen LogP contribution in [0.4, 0.5) is 9.39 Å². The second-order valence-corrected chi connectivity index (χ2v) is 10.6. The van der Waals surface area contributed by atoms with Gasteiger partial charge in [0.2, 0.25) is 10.0 Å². The number of anilines is 1. The average Bonchev–Trinajstić information content (AvgIpc) is 3.38. The average molecular weight is 469 g/mol. The van der Waals surface area contributed by atoms with Gasteiger partial charge in [0.05, 0.1) is 12.7 Å². The van der Waals surface area contributed by atoms with Gasteiger partial charge in [0, 0.05) is 18.7 Å². The number of nitrogens with zero attached hydrogens (tertiary/aromatic N) is 1. The predicted octanol–water partition coefficient (Wildman–Crippen LogP) is 3.91. The van der Waals surface area contributed by atoms with Crippen LogP contribution in [0.3, 0.4) is 0 Å². The number of sulfonamides is 1. The molecule has 0 saturated carbocycles. The maximum atomic E-state index is 14.4. The summed E-state index contributed by atoms with van der Waals surface area (Å²) >= 11 is 1.18. The highest BCUT2D eigenvalue weighted by Gasteiger charge is 2.31. The quantitative estimate of drug-likeness (QED) is 0.622. The van der Waals surface area contributed by atoms with E-state index in [4.69, 9.17) is 4.74 Å². The van der Waals surface area contributed by atoms with E-state index >= 15 is 0 Å². The van der Waals surface area contributed by atoms with Crippen LogP contribution >= 0.6 is 11.3 Å². The number of rotatable bonds is 7. The number of carbonyl (C=O) groups excluding carboxylic acids is 2. The molecule has 0 unspecified atom stereocenters. The first-order valence-corrected chi connectivity index (χ1v) is 12.3. The summed E-state index contributed by atoms with van der Waals surface area (Å²) < 4.78 is 46.0. The van der Waals surface area contributed by atoms with Crippen molar-refractivity contribution in [3.63, 3.8) is 0 Å². The minimum absolute atomic E-state index is 0.0196. The molecule has 1 aromatic heterocycles. The third-order valence-electron chi connectivity index (χ3n) is 4.99. The zero-order chi connectivity index (χ0) is 22.8. The number of ether oxygens (including phenoxy) is 1. The lowest BCUT2D eigenvalue weighted by Gasteiger charge is -2.16. The van der Waals surface area contributed by atoms with Crippen molar-refractivity contribution in [3.05, 3.63) is 46.1 Å². The Balaban J connectivity index is 1.91. The summed E-state index contributed by atoms with van der Waals surface area (Å²) in [6.07, 6.45) is 2.06. The van der Waals surface area contributed by atoms with Gasteiger partial charge in [0.25, 0.3) is 5.91 Å². The molecule has 1 aliphatic rings. The van der Waals surface area contributed by atoms with E-state index in [1.54, 1.807) is 5.38 Å². The van der Waals surface area contributed by atoms with E-state index in [2.05, 4.69) is 5.32 Å². The molecule has 3 rings (SSSR count). The fraction of sp³-hybridized carbons (Fsp3) is 0.429. The second kappa shape index (κ2) is 9.46.